The maximum Gasteiger partial charge on any atom is 0.162 e. The molecule has 1 unspecified atom stereocenters. The average Bonchev–Trinajstić information content (AvgIpc) is 2.78. The van der Waals surface area contributed by atoms with E-state index in [4.69, 9.17) is 4.74 Å². The predicted molar refractivity (Wildman–Crippen MR) is 71.0 cm³/mol. The molecule has 0 spiro atoms. The van der Waals surface area contributed by atoms with Crippen molar-refractivity contribution < 1.29 is 4.74 Å². The fourth-order valence-corrected chi connectivity index (χ4v) is 2.17. The molecule has 0 saturated carbocycles. The Morgan fingerprint density at radius 1 is 1.28 bits per heavy atom. The number of nitrogens with one attached hydrogen (secondary N) is 1. The van der Waals surface area contributed by atoms with E-state index in [1.54, 1.807) is 0 Å². The molecule has 1 atom stereocenters. The Labute approximate surface area is 107 Å². The van der Waals surface area contributed by atoms with Crippen molar-refractivity contribution >= 4 is 0 Å². The summed E-state index contributed by atoms with van der Waals surface area (Å²) in [7, 11) is 0. The molecule has 1 N–H and O–H groups in total. The van der Waals surface area contributed by atoms with E-state index in [1.807, 2.05) is 36.6 Å². The fourth-order valence-electron chi connectivity index (χ4n) is 2.17. The zero-order chi connectivity index (χ0) is 12.4. The molecular formula is C15H16N2O. The van der Waals surface area contributed by atoms with Crippen LogP contribution in [-0.2, 0) is 11.3 Å². The molecule has 3 rings (SSSR count). The van der Waals surface area contributed by atoms with Crippen molar-refractivity contribution in [3.8, 4) is 0 Å². The van der Waals surface area contributed by atoms with Crippen molar-refractivity contribution in [2.45, 2.75) is 19.7 Å². The third-order valence-electron chi connectivity index (χ3n) is 3.04. The van der Waals surface area contributed by atoms with Crippen molar-refractivity contribution in [2.24, 2.45) is 0 Å². The lowest BCUT2D eigenvalue weighted by molar-refractivity contribution is 0.148. The van der Waals surface area contributed by atoms with Gasteiger partial charge in [-0.25, -0.2) is 0 Å². The van der Waals surface area contributed by atoms with Crippen molar-refractivity contribution in [3.05, 3.63) is 71.9 Å². The molecule has 0 aromatic heterocycles. The third-order valence-corrected chi connectivity index (χ3v) is 3.04. The van der Waals surface area contributed by atoms with Gasteiger partial charge in [-0.2, -0.15) is 0 Å². The maximum absolute atomic E-state index is 5.90. The van der Waals surface area contributed by atoms with Gasteiger partial charge in [0, 0.05) is 18.1 Å². The second-order valence-electron chi connectivity index (χ2n) is 4.49. The Kier molecular flexibility index (Phi) is 2.81. The lowest BCUT2D eigenvalue weighted by atomic mass is 10.2. The van der Waals surface area contributed by atoms with E-state index in [2.05, 4.69) is 35.5 Å². The highest BCUT2D eigenvalue weighted by molar-refractivity contribution is 5.26. The summed E-state index contributed by atoms with van der Waals surface area (Å²) in [5.41, 5.74) is 2.34. The van der Waals surface area contributed by atoms with Crippen LogP contribution in [0.4, 0.5) is 0 Å². The van der Waals surface area contributed by atoms with Crippen molar-refractivity contribution in [3.63, 3.8) is 0 Å². The highest BCUT2D eigenvalue weighted by Gasteiger charge is 2.26. The second kappa shape index (κ2) is 4.61. The molecular weight excluding hydrogens is 224 g/mol. The fraction of sp³-hybridized carbons (Fsp3) is 0.200. The standard InChI is InChI=1S/C15H16N2O/c1-12-10-17-9-5-8-14(15(17)16-12)18-11-13-6-3-2-4-7-13/h2-10,15-16H,11H2,1H3. The third kappa shape index (κ3) is 2.12. The first-order valence-corrected chi connectivity index (χ1v) is 6.10. The van der Waals surface area contributed by atoms with Crippen LogP contribution in [0, 0.1) is 0 Å². The van der Waals surface area contributed by atoms with E-state index in [0.29, 0.717) is 6.61 Å². The van der Waals surface area contributed by atoms with Gasteiger partial charge in [-0.3, -0.25) is 0 Å². The molecule has 0 bridgehead atoms. The topological polar surface area (TPSA) is 24.5 Å². The summed E-state index contributed by atoms with van der Waals surface area (Å²) >= 11 is 0. The average molecular weight is 240 g/mol. The highest BCUT2D eigenvalue weighted by Crippen LogP contribution is 2.23. The number of hydrogen-bond donors (Lipinski definition) is 1. The smallest absolute Gasteiger partial charge is 0.162 e. The number of ether oxygens (including phenoxy) is 1. The maximum atomic E-state index is 5.90. The minimum atomic E-state index is 0.110. The summed E-state index contributed by atoms with van der Waals surface area (Å²) in [6.07, 6.45) is 8.26. The number of benzene rings is 1. The van der Waals surface area contributed by atoms with E-state index in [0.717, 1.165) is 11.5 Å². The Morgan fingerprint density at radius 3 is 2.94 bits per heavy atom. The number of hydrogen-bond acceptors (Lipinski definition) is 3. The van der Waals surface area contributed by atoms with Crippen molar-refractivity contribution in [2.75, 3.05) is 0 Å². The predicted octanol–water partition coefficient (Wildman–Crippen LogP) is 2.71. The Morgan fingerprint density at radius 2 is 2.11 bits per heavy atom. The van der Waals surface area contributed by atoms with Gasteiger partial charge in [0.1, 0.15) is 12.4 Å². The van der Waals surface area contributed by atoms with Crippen LogP contribution >= 0.6 is 0 Å². The van der Waals surface area contributed by atoms with Crippen LogP contribution in [-0.4, -0.2) is 11.1 Å². The van der Waals surface area contributed by atoms with Crippen LogP contribution in [0.25, 0.3) is 0 Å². The van der Waals surface area contributed by atoms with Crippen molar-refractivity contribution in [1.29, 1.82) is 0 Å². The summed E-state index contributed by atoms with van der Waals surface area (Å²) in [6.45, 7) is 2.66. The lowest BCUT2D eigenvalue weighted by Gasteiger charge is -2.27. The molecule has 18 heavy (non-hydrogen) atoms. The van der Waals surface area contributed by atoms with E-state index in [-0.39, 0.29) is 6.17 Å². The molecule has 2 heterocycles. The molecule has 0 amide bonds. The van der Waals surface area contributed by atoms with Crippen LogP contribution < -0.4 is 5.32 Å². The number of allylic oxidation sites excluding steroid dienone is 3. The van der Waals surface area contributed by atoms with Gasteiger partial charge >= 0.3 is 0 Å². The van der Waals surface area contributed by atoms with E-state index < -0.39 is 0 Å². The molecule has 0 saturated heterocycles. The van der Waals surface area contributed by atoms with Gasteiger partial charge in [0.15, 0.2) is 6.17 Å². The van der Waals surface area contributed by atoms with Gasteiger partial charge in [-0.15, -0.1) is 0 Å². The van der Waals surface area contributed by atoms with Crippen molar-refractivity contribution in [1.82, 2.24) is 10.2 Å². The first kappa shape index (κ1) is 11.0. The van der Waals surface area contributed by atoms with Crippen LogP contribution in [0.15, 0.2) is 66.3 Å². The van der Waals surface area contributed by atoms with Gasteiger partial charge in [0.25, 0.3) is 0 Å². The number of rotatable bonds is 3. The first-order valence-electron chi connectivity index (χ1n) is 6.10. The number of nitrogens with zero attached hydrogens (tertiary/aromatic N) is 1. The Balaban J connectivity index is 1.67. The molecule has 92 valence electrons. The van der Waals surface area contributed by atoms with Gasteiger partial charge in [-0.05, 0) is 24.6 Å². The minimum absolute atomic E-state index is 0.110. The van der Waals surface area contributed by atoms with E-state index >= 15 is 0 Å². The van der Waals surface area contributed by atoms with E-state index in [9.17, 15) is 0 Å². The summed E-state index contributed by atoms with van der Waals surface area (Å²) in [4.78, 5) is 2.12. The number of fused-ring (bicyclic) bond motifs is 1. The zero-order valence-corrected chi connectivity index (χ0v) is 10.3. The minimum Gasteiger partial charge on any atom is -0.489 e. The van der Waals surface area contributed by atoms with Crippen LogP contribution in [0.5, 0.6) is 0 Å². The van der Waals surface area contributed by atoms with Gasteiger partial charge in [-0.1, -0.05) is 30.3 Å². The largest absolute Gasteiger partial charge is 0.489 e. The molecule has 0 radical (unpaired) electrons. The SMILES string of the molecule is CC1=CN2C=CC=C(OCc3ccccc3)C2N1. The van der Waals surface area contributed by atoms with Crippen LogP contribution in [0.2, 0.25) is 0 Å². The first-order chi connectivity index (χ1) is 8.83. The van der Waals surface area contributed by atoms with Gasteiger partial charge in [0.2, 0.25) is 0 Å². The monoisotopic (exact) mass is 240 g/mol. The quantitative estimate of drug-likeness (QED) is 0.879. The molecule has 0 fully saturated rings. The van der Waals surface area contributed by atoms with Gasteiger partial charge < -0.3 is 15.0 Å². The Bertz CT molecular complexity index is 517. The molecule has 0 aliphatic carbocycles. The summed E-state index contributed by atoms with van der Waals surface area (Å²) < 4.78 is 5.90. The normalized spacial score (nSPS) is 20.9. The second-order valence-corrected chi connectivity index (χ2v) is 4.49. The molecule has 1 aromatic carbocycles. The van der Waals surface area contributed by atoms with Gasteiger partial charge in [0.05, 0.1) is 0 Å². The summed E-state index contributed by atoms with van der Waals surface area (Å²) in [5.74, 6) is 0.953. The molecule has 1 aromatic rings. The zero-order valence-electron chi connectivity index (χ0n) is 10.3. The lowest BCUT2D eigenvalue weighted by Crippen LogP contribution is -2.37. The highest BCUT2D eigenvalue weighted by atomic mass is 16.5. The summed E-state index contributed by atoms with van der Waals surface area (Å²) in [6, 6.07) is 10.2. The van der Waals surface area contributed by atoms with Crippen LogP contribution in [0.1, 0.15) is 12.5 Å². The summed E-state index contributed by atoms with van der Waals surface area (Å²) in [5, 5.41) is 3.38. The molecule has 2 aliphatic rings. The Hall–Kier alpha value is -2.16. The van der Waals surface area contributed by atoms with E-state index in [1.165, 1.54) is 5.56 Å². The van der Waals surface area contributed by atoms with Crippen LogP contribution in [0.3, 0.4) is 0 Å². The molecule has 3 heteroatoms. The molecule has 2 aliphatic heterocycles. The molecule has 3 nitrogen and oxygen atoms in total.